The Hall–Kier alpha value is -0.600. The van der Waals surface area contributed by atoms with Crippen LogP contribution in [0, 0.1) is 0 Å². The van der Waals surface area contributed by atoms with E-state index >= 15 is 0 Å². The summed E-state index contributed by atoms with van der Waals surface area (Å²) in [6.45, 7) is 3.37. The van der Waals surface area contributed by atoms with Crippen LogP contribution >= 0.6 is 0 Å². The Balaban J connectivity index is 3.46. The minimum absolute atomic E-state index is 0.146. The first kappa shape index (κ1) is 7.40. The van der Waals surface area contributed by atoms with Gasteiger partial charge in [-0.3, -0.25) is 4.79 Å². The maximum Gasteiger partial charge on any atom is 0.249 e. The van der Waals surface area contributed by atoms with Gasteiger partial charge >= 0.3 is 0 Å². The van der Waals surface area contributed by atoms with Gasteiger partial charge in [-0.15, -0.1) is 0 Å². The van der Waals surface area contributed by atoms with Crippen molar-refractivity contribution in [1.82, 2.24) is 5.12 Å². The summed E-state index contributed by atoms with van der Waals surface area (Å²) in [6.07, 6.45) is 0.240. The monoisotopic (exact) mass is 119 g/mol. The predicted molar refractivity (Wildman–Crippen MR) is 28.8 cm³/mol. The molecular formula is C5H10FNO. The normalized spacial score (nSPS) is 8.88. The molecule has 3 heteroatoms. The largest absolute Gasteiger partial charge is 0.272 e. The van der Waals surface area contributed by atoms with E-state index in [1.807, 2.05) is 0 Å². The van der Waals surface area contributed by atoms with Gasteiger partial charge in [-0.1, -0.05) is 11.4 Å². The second-order valence-corrected chi connectivity index (χ2v) is 1.43. The number of halogens is 1. The Bertz CT molecular complexity index is 84.5. The van der Waals surface area contributed by atoms with Crippen LogP contribution in [-0.2, 0) is 4.79 Å². The van der Waals surface area contributed by atoms with E-state index in [0.29, 0.717) is 0 Å². The van der Waals surface area contributed by atoms with Crippen LogP contribution in [0.15, 0.2) is 0 Å². The maximum atomic E-state index is 12.0. The van der Waals surface area contributed by atoms with Crippen LogP contribution in [0.1, 0.15) is 20.3 Å². The van der Waals surface area contributed by atoms with Gasteiger partial charge in [0.15, 0.2) is 0 Å². The van der Waals surface area contributed by atoms with E-state index in [2.05, 4.69) is 0 Å². The Labute approximate surface area is 48.2 Å². The average Bonchev–Trinajstić information content (AvgIpc) is 1.84. The number of amides is 1. The first-order valence-corrected chi connectivity index (χ1v) is 2.68. The Morgan fingerprint density at radius 3 is 2.25 bits per heavy atom. The highest BCUT2D eigenvalue weighted by atomic mass is 19.2. The topological polar surface area (TPSA) is 20.3 Å². The maximum absolute atomic E-state index is 12.0. The molecule has 0 heterocycles. The fraction of sp³-hybridized carbons (Fsp3) is 0.800. The molecule has 0 radical (unpaired) electrons. The number of carbonyl (C=O) groups is 1. The molecule has 0 fully saturated rings. The SMILES string of the molecule is CCC(=O)N(F)CC. The highest BCUT2D eigenvalue weighted by Gasteiger charge is 2.04. The molecule has 0 aromatic rings. The molecule has 1 amide bonds. The molecule has 0 saturated heterocycles. The highest BCUT2D eigenvalue weighted by molar-refractivity contribution is 5.74. The van der Waals surface area contributed by atoms with Crippen molar-refractivity contribution in [3.63, 3.8) is 0 Å². The zero-order chi connectivity index (χ0) is 6.57. The fourth-order valence-corrected chi connectivity index (χ4v) is 0.348. The summed E-state index contributed by atoms with van der Waals surface area (Å²) >= 11 is 0. The quantitative estimate of drug-likeness (QED) is 0.499. The molecule has 0 aliphatic rings. The predicted octanol–water partition coefficient (Wildman–Crippen LogP) is 1.13. The standard InChI is InChI=1S/C5H10FNO/c1-3-5(8)7(6)4-2/h3-4H2,1-2H3. The number of rotatable bonds is 2. The summed E-state index contributed by atoms with van der Waals surface area (Å²) in [5.41, 5.74) is 0. The lowest BCUT2D eigenvalue weighted by Gasteiger charge is -2.04. The van der Waals surface area contributed by atoms with Crippen molar-refractivity contribution >= 4 is 5.91 Å². The minimum Gasteiger partial charge on any atom is -0.272 e. The lowest BCUT2D eigenvalue weighted by atomic mass is 10.4. The van der Waals surface area contributed by atoms with Gasteiger partial charge in [0.05, 0.1) is 6.54 Å². The van der Waals surface area contributed by atoms with Crippen LogP contribution in [0.5, 0.6) is 0 Å². The third kappa shape index (κ3) is 1.91. The molecule has 0 aliphatic heterocycles. The third-order valence-electron chi connectivity index (χ3n) is 0.851. The number of hydrogen-bond acceptors (Lipinski definition) is 1. The minimum atomic E-state index is -0.451. The molecule has 0 saturated carbocycles. The van der Waals surface area contributed by atoms with Gasteiger partial charge in [-0.05, 0) is 6.92 Å². The van der Waals surface area contributed by atoms with Gasteiger partial charge in [0.1, 0.15) is 0 Å². The zero-order valence-corrected chi connectivity index (χ0v) is 5.15. The first-order chi connectivity index (χ1) is 3.72. The first-order valence-electron chi connectivity index (χ1n) is 2.68. The van der Waals surface area contributed by atoms with Gasteiger partial charge in [-0.2, -0.15) is 5.12 Å². The average molecular weight is 119 g/mol. The molecule has 0 bridgehead atoms. The molecule has 0 rings (SSSR count). The smallest absolute Gasteiger partial charge is 0.249 e. The second-order valence-electron chi connectivity index (χ2n) is 1.43. The van der Waals surface area contributed by atoms with Crippen molar-refractivity contribution in [3.8, 4) is 0 Å². The molecule has 0 unspecified atom stereocenters. The third-order valence-corrected chi connectivity index (χ3v) is 0.851. The van der Waals surface area contributed by atoms with E-state index in [1.54, 1.807) is 13.8 Å². The molecule has 0 aromatic carbocycles. The zero-order valence-electron chi connectivity index (χ0n) is 5.15. The van der Waals surface area contributed by atoms with Crippen LogP contribution in [0.3, 0.4) is 0 Å². The highest BCUT2D eigenvalue weighted by Crippen LogP contribution is 1.91. The van der Waals surface area contributed by atoms with Crippen molar-refractivity contribution in [2.45, 2.75) is 20.3 Å². The van der Waals surface area contributed by atoms with Crippen LogP contribution < -0.4 is 0 Å². The van der Waals surface area contributed by atoms with Crippen LogP contribution in [0.25, 0.3) is 0 Å². The molecular weight excluding hydrogens is 109 g/mol. The molecule has 48 valence electrons. The van der Waals surface area contributed by atoms with E-state index < -0.39 is 5.91 Å². The summed E-state index contributed by atoms with van der Waals surface area (Å²) < 4.78 is 12.0. The Kier molecular flexibility index (Phi) is 3.15. The van der Waals surface area contributed by atoms with Crippen molar-refractivity contribution in [2.24, 2.45) is 0 Å². The molecule has 2 nitrogen and oxygen atoms in total. The second kappa shape index (κ2) is 3.41. The van der Waals surface area contributed by atoms with Crippen LogP contribution in [0.4, 0.5) is 4.48 Å². The van der Waals surface area contributed by atoms with Crippen molar-refractivity contribution in [2.75, 3.05) is 6.54 Å². The molecule has 0 aromatic heterocycles. The lowest BCUT2D eigenvalue weighted by Crippen LogP contribution is -2.20. The molecule has 8 heavy (non-hydrogen) atoms. The molecule has 0 N–H and O–H groups in total. The van der Waals surface area contributed by atoms with Crippen molar-refractivity contribution in [3.05, 3.63) is 0 Å². The fourth-order valence-electron chi connectivity index (χ4n) is 0.348. The number of carbonyl (C=O) groups excluding carboxylic acids is 1. The summed E-state index contributed by atoms with van der Waals surface area (Å²) in [7, 11) is 0. The van der Waals surface area contributed by atoms with Gasteiger partial charge in [0.25, 0.3) is 0 Å². The van der Waals surface area contributed by atoms with Crippen molar-refractivity contribution in [1.29, 1.82) is 0 Å². The van der Waals surface area contributed by atoms with E-state index in [0.717, 1.165) is 0 Å². The Morgan fingerprint density at radius 1 is 1.62 bits per heavy atom. The summed E-state index contributed by atoms with van der Waals surface area (Å²) in [4.78, 5) is 10.3. The van der Waals surface area contributed by atoms with E-state index in [9.17, 15) is 9.28 Å². The van der Waals surface area contributed by atoms with E-state index in [4.69, 9.17) is 0 Å². The van der Waals surface area contributed by atoms with E-state index in [-0.39, 0.29) is 18.1 Å². The number of hydrogen-bond donors (Lipinski definition) is 0. The van der Waals surface area contributed by atoms with Crippen LogP contribution in [0.2, 0.25) is 0 Å². The Morgan fingerprint density at radius 2 is 2.12 bits per heavy atom. The summed E-state index contributed by atoms with van der Waals surface area (Å²) in [5, 5.41) is 0.208. The molecule has 0 spiro atoms. The lowest BCUT2D eigenvalue weighted by molar-refractivity contribution is -0.145. The summed E-state index contributed by atoms with van der Waals surface area (Å²) in [6, 6.07) is 0. The van der Waals surface area contributed by atoms with Crippen LogP contribution in [-0.4, -0.2) is 17.6 Å². The van der Waals surface area contributed by atoms with Gasteiger partial charge in [-0.25, -0.2) is 0 Å². The van der Waals surface area contributed by atoms with Gasteiger partial charge < -0.3 is 0 Å². The molecule has 0 atom stereocenters. The van der Waals surface area contributed by atoms with Gasteiger partial charge in [0, 0.05) is 6.42 Å². The summed E-state index contributed by atoms with van der Waals surface area (Å²) in [5.74, 6) is -0.451. The van der Waals surface area contributed by atoms with Crippen molar-refractivity contribution < 1.29 is 9.28 Å². The molecule has 0 aliphatic carbocycles. The van der Waals surface area contributed by atoms with Gasteiger partial charge in [0.2, 0.25) is 5.91 Å². The van der Waals surface area contributed by atoms with E-state index in [1.165, 1.54) is 0 Å². The number of nitrogens with zero attached hydrogens (tertiary/aromatic N) is 1.